The number of hydrogen-bond acceptors (Lipinski definition) is 0. The van der Waals surface area contributed by atoms with Gasteiger partial charge in [0.2, 0.25) is 6.43 Å². The maximum Gasteiger partial charge on any atom is 0.244 e. The molecule has 0 saturated heterocycles. The molecule has 0 aromatic carbocycles. The molecule has 0 radical (unpaired) electrons. The molecule has 0 aliphatic heterocycles. The van der Waals surface area contributed by atoms with E-state index in [0.29, 0.717) is 6.42 Å². The lowest BCUT2D eigenvalue weighted by Crippen LogP contribution is -2.22. The second kappa shape index (κ2) is 4.56. The van der Waals surface area contributed by atoms with Crippen LogP contribution in [0.25, 0.3) is 0 Å². The molecule has 0 saturated carbocycles. The molecule has 14 heavy (non-hydrogen) atoms. The van der Waals surface area contributed by atoms with E-state index in [2.05, 4.69) is 19.6 Å². The maximum absolute atomic E-state index is 12.5. The Bertz CT molecular complexity index is 216. The van der Waals surface area contributed by atoms with Crippen molar-refractivity contribution in [3.63, 3.8) is 0 Å². The van der Waals surface area contributed by atoms with Gasteiger partial charge in [-0.1, -0.05) is 31.3 Å². The van der Waals surface area contributed by atoms with Crippen LogP contribution in [0.15, 0.2) is 11.6 Å². The molecule has 1 unspecified atom stereocenters. The third kappa shape index (κ3) is 3.90. The van der Waals surface area contributed by atoms with Crippen molar-refractivity contribution < 1.29 is 8.78 Å². The second-order valence-corrected chi connectivity index (χ2v) is 10.9. The number of alkyl halides is 2. The van der Waals surface area contributed by atoms with Crippen molar-refractivity contribution in [3.05, 3.63) is 11.6 Å². The minimum Gasteiger partial charge on any atom is -0.210 e. The highest BCUT2D eigenvalue weighted by atomic mass is 28.3. The van der Waals surface area contributed by atoms with Crippen LogP contribution in [0.3, 0.4) is 0 Å². The van der Waals surface area contributed by atoms with Gasteiger partial charge in [0.05, 0.1) is 0 Å². The summed E-state index contributed by atoms with van der Waals surface area (Å²) in [4.78, 5) is 0. The van der Waals surface area contributed by atoms with Crippen molar-refractivity contribution in [2.75, 3.05) is 0 Å². The molecule has 82 valence electrons. The molecule has 0 amide bonds. The topological polar surface area (TPSA) is 0 Å². The summed E-state index contributed by atoms with van der Waals surface area (Å²) in [6.45, 7) is 6.87. The Labute approximate surface area is 86.4 Å². The molecule has 0 N–H and O–H groups in total. The molecule has 0 heterocycles. The Morgan fingerprint density at radius 3 is 2.57 bits per heavy atom. The largest absolute Gasteiger partial charge is 0.244 e. The predicted molar refractivity (Wildman–Crippen MR) is 59.6 cm³/mol. The van der Waals surface area contributed by atoms with E-state index in [1.54, 1.807) is 0 Å². The zero-order chi connectivity index (χ0) is 10.8. The van der Waals surface area contributed by atoms with Crippen LogP contribution in [-0.4, -0.2) is 14.5 Å². The van der Waals surface area contributed by atoms with Crippen molar-refractivity contribution in [1.82, 2.24) is 0 Å². The van der Waals surface area contributed by atoms with Gasteiger partial charge in [-0.15, -0.1) is 0 Å². The number of hydrogen-bond donors (Lipinski definition) is 0. The molecule has 0 aromatic heterocycles. The van der Waals surface area contributed by atoms with Gasteiger partial charge >= 0.3 is 0 Å². The number of rotatable bonds is 3. The van der Waals surface area contributed by atoms with E-state index in [9.17, 15) is 8.78 Å². The average molecular weight is 218 g/mol. The van der Waals surface area contributed by atoms with Crippen molar-refractivity contribution in [3.8, 4) is 0 Å². The Morgan fingerprint density at radius 1 is 1.43 bits per heavy atom. The SMILES string of the molecule is C[Si](C)(C)CC1=CC(C(F)F)CCC1. The van der Waals surface area contributed by atoms with Crippen LogP contribution < -0.4 is 0 Å². The minimum absolute atomic E-state index is 0.463. The molecule has 1 rings (SSSR count). The van der Waals surface area contributed by atoms with Gasteiger partial charge in [0.25, 0.3) is 0 Å². The average Bonchev–Trinajstić information content (AvgIpc) is 2.01. The van der Waals surface area contributed by atoms with Crippen molar-refractivity contribution >= 4 is 8.07 Å². The molecule has 0 spiro atoms. The number of allylic oxidation sites excluding steroid dienone is 2. The van der Waals surface area contributed by atoms with Crippen LogP contribution >= 0.6 is 0 Å². The van der Waals surface area contributed by atoms with Crippen LogP contribution in [0.4, 0.5) is 8.78 Å². The Hall–Kier alpha value is -0.183. The maximum atomic E-state index is 12.5. The van der Waals surface area contributed by atoms with E-state index in [-0.39, 0.29) is 0 Å². The second-order valence-electron chi connectivity index (χ2n) is 5.45. The third-order valence-corrected chi connectivity index (χ3v) is 4.08. The summed E-state index contributed by atoms with van der Waals surface area (Å²) in [5, 5.41) is 0. The first-order chi connectivity index (χ1) is 6.38. The van der Waals surface area contributed by atoms with Gasteiger partial charge in [0.1, 0.15) is 0 Å². The smallest absolute Gasteiger partial charge is 0.210 e. The standard InChI is InChI=1S/C11H20F2Si/c1-14(2,3)8-9-5-4-6-10(7-9)11(12)13/h7,10-11H,4-6,8H2,1-3H3. The lowest BCUT2D eigenvalue weighted by molar-refractivity contribution is 0.0920. The van der Waals surface area contributed by atoms with E-state index < -0.39 is 20.4 Å². The first kappa shape index (κ1) is 11.9. The molecule has 1 aliphatic carbocycles. The molecule has 0 bridgehead atoms. The van der Waals surface area contributed by atoms with E-state index >= 15 is 0 Å². The first-order valence-corrected chi connectivity index (χ1v) is 9.07. The summed E-state index contributed by atoms with van der Waals surface area (Å²) >= 11 is 0. The summed E-state index contributed by atoms with van der Waals surface area (Å²) in [7, 11) is -1.12. The monoisotopic (exact) mass is 218 g/mol. The highest BCUT2D eigenvalue weighted by Gasteiger charge is 2.24. The van der Waals surface area contributed by atoms with Crippen molar-refractivity contribution in [2.45, 2.75) is 51.4 Å². The third-order valence-electron chi connectivity index (χ3n) is 2.57. The van der Waals surface area contributed by atoms with Crippen LogP contribution in [0.1, 0.15) is 19.3 Å². The molecular formula is C11H20F2Si. The predicted octanol–water partition coefficient (Wildman–Crippen LogP) is 4.32. The van der Waals surface area contributed by atoms with E-state index in [1.165, 1.54) is 5.57 Å². The summed E-state index contributed by atoms with van der Waals surface area (Å²) in [6.07, 6.45) is 2.37. The van der Waals surface area contributed by atoms with Gasteiger partial charge in [0.15, 0.2) is 0 Å². The highest BCUT2D eigenvalue weighted by Crippen LogP contribution is 2.31. The minimum atomic E-state index is -2.16. The van der Waals surface area contributed by atoms with Crippen molar-refractivity contribution in [2.24, 2.45) is 5.92 Å². The van der Waals surface area contributed by atoms with Gasteiger partial charge in [-0.25, -0.2) is 8.78 Å². The Morgan fingerprint density at radius 2 is 2.07 bits per heavy atom. The van der Waals surface area contributed by atoms with Gasteiger partial charge in [-0.3, -0.25) is 0 Å². The van der Waals surface area contributed by atoms with Crippen LogP contribution in [0.2, 0.25) is 25.7 Å². The molecule has 0 fully saturated rings. The van der Waals surface area contributed by atoms with Crippen molar-refractivity contribution in [1.29, 1.82) is 0 Å². The fourth-order valence-corrected chi connectivity index (χ4v) is 3.72. The highest BCUT2D eigenvalue weighted by molar-refractivity contribution is 6.76. The lowest BCUT2D eigenvalue weighted by Gasteiger charge is -2.24. The summed E-state index contributed by atoms with van der Waals surface area (Å²) < 4.78 is 25.0. The van der Waals surface area contributed by atoms with Crippen LogP contribution in [0.5, 0.6) is 0 Å². The first-order valence-electron chi connectivity index (χ1n) is 5.36. The zero-order valence-electron chi connectivity index (χ0n) is 9.32. The van der Waals surface area contributed by atoms with Gasteiger partial charge in [-0.05, 0) is 25.3 Å². The van der Waals surface area contributed by atoms with Gasteiger partial charge < -0.3 is 0 Å². The molecule has 0 nitrogen and oxygen atoms in total. The van der Waals surface area contributed by atoms with Crippen LogP contribution in [0, 0.1) is 5.92 Å². The van der Waals surface area contributed by atoms with E-state index in [4.69, 9.17) is 0 Å². The molecule has 3 heteroatoms. The summed E-state index contributed by atoms with van der Waals surface area (Å²) in [5.74, 6) is -0.463. The quantitative estimate of drug-likeness (QED) is 0.489. The van der Waals surface area contributed by atoms with E-state index in [1.807, 2.05) is 6.08 Å². The zero-order valence-corrected chi connectivity index (χ0v) is 10.3. The van der Waals surface area contributed by atoms with E-state index in [0.717, 1.165) is 18.9 Å². The van der Waals surface area contributed by atoms with Crippen LogP contribution in [-0.2, 0) is 0 Å². The number of halogens is 2. The molecule has 0 aromatic rings. The molecular weight excluding hydrogens is 198 g/mol. The fourth-order valence-electron chi connectivity index (χ4n) is 2.06. The fraction of sp³-hybridized carbons (Fsp3) is 0.818. The molecule has 1 atom stereocenters. The summed E-state index contributed by atoms with van der Waals surface area (Å²) in [6, 6.07) is 1.09. The summed E-state index contributed by atoms with van der Waals surface area (Å²) in [5.41, 5.74) is 1.29. The van der Waals surface area contributed by atoms with Gasteiger partial charge in [-0.2, -0.15) is 0 Å². The normalized spacial score (nSPS) is 23.9. The lowest BCUT2D eigenvalue weighted by atomic mass is 9.91. The molecule has 1 aliphatic rings. The van der Waals surface area contributed by atoms with Gasteiger partial charge in [0, 0.05) is 14.0 Å². The Balaban J connectivity index is 2.60. The Kier molecular flexibility index (Phi) is 3.87.